The van der Waals surface area contributed by atoms with Crippen molar-refractivity contribution in [3.63, 3.8) is 0 Å². The van der Waals surface area contributed by atoms with Crippen molar-refractivity contribution in [1.29, 1.82) is 0 Å². The van der Waals surface area contributed by atoms with Crippen molar-refractivity contribution in [3.05, 3.63) is 59.5 Å². The van der Waals surface area contributed by atoms with Crippen molar-refractivity contribution in [2.24, 2.45) is 0 Å². The molecule has 1 heterocycles. The third-order valence-corrected chi connectivity index (χ3v) is 4.09. The molecule has 3 rings (SSSR count). The van der Waals surface area contributed by atoms with Gasteiger partial charge in [-0.15, -0.1) is 11.3 Å². The molecule has 1 N–H and O–H groups in total. The Morgan fingerprint density at radius 1 is 1.00 bits per heavy atom. The number of benzene rings is 2. The van der Waals surface area contributed by atoms with Crippen molar-refractivity contribution >= 4 is 21.4 Å². The van der Waals surface area contributed by atoms with Crippen molar-refractivity contribution in [2.45, 2.75) is 6.54 Å². The summed E-state index contributed by atoms with van der Waals surface area (Å²) in [7, 11) is 1.97. The lowest BCUT2D eigenvalue weighted by Crippen LogP contribution is -2.04. The minimum Gasteiger partial charge on any atom is -0.316 e. The largest absolute Gasteiger partial charge is 0.316 e. The van der Waals surface area contributed by atoms with Gasteiger partial charge < -0.3 is 5.32 Å². The Kier molecular flexibility index (Phi) is 3.13. The predicted molar refractivity (Wildman–Crippen MR) is 80.0 cm³/mol. The van der Waals surface area contributed by atoms with Gasteiger partial charge in [-0.25, -0.2) is 0 Å². The molecule has 2 heteroatoms. The molecule has 1 aromatic heterocycles. The van der Waals surface area contributed by atoms with Crippen LogP contribution in [0, 0.1) is 0 Å². The van der Waals surface area contributed by atoms with E-state index in [2.05, 4.69) is 59.2 Å². The lowest BCUT2D eigenvalue weighted by Gasteiger charge is -2.05. The summed E-state index contributed by atoms with van der Waals surface area (Å²) in [5.74, 6) is 0. The molecule has 0 aliphatic heterocycles. The molecule has 3 aromatic rings. The highest BCUT2D eigenvalue weighted by Gasteiger charge is 2.04. The number of hydrogen-bond donors (Lipinski definition) is 1. The van der Waals surface area contributed by atoms with E-state index in [1.54, 1.807) is 0 Å². The van der Waals surface area contributed by atoms with Crippen LogP contribution in [0.5, 0.6) is 0 Å². The van der Waals surface area contributed by atoms with Crippen LogP contribution >= 0.6 is 11.3 Å². The molecule has 90 valence electrons. The monoisotopic (exact) mass is 253 g/mol. The van der Waals surface area contributed by atoms with Gasteiger partial charge in [0, 0.05) is 11.2 Å². The van der Waals surface area contributed by atoms with Gasteiger partial charge in [0.05, 0.1) is 0 Å². The minimum absolute atomic E-state index is 0.920. The van der Waals surface area contributed by atoms with E-state index in [1.165, 1.54) is 26.8 Å². The summed E-state index contributed by atoms with van der Waals surface area (Å²) in [6.07, 6.45) is 0. The topological polar surface area (TPSA) is 12.0 Å². The number of hydrogen-bond acceptors (Lipinski definition) is 2. The van der Waals surface area contributed by atoms with Crippen molar-refractivity contribution < 1.29 is 0 Å². The van der Waals surface area contributed by atoms with Crippen LogP contribution in [0.15, 0.2) is 53.9 Å². The zero-order valence-corrected chi connectivity index (χ0v) is 11.1. The maximum absolute atomic E-state index is 3.17. The molecule has 0 amide bonds. The summed E-state index contributed by atoms with van der Waals surface area (Å²) in [6, 6.07) is 17.5. The molecule has 0 aliphatic carbocycles. The molecule has 2 aromatic carbocycles. The van der Waals surface area contributed by atoms with E-state index in [4.69, 9.17) is 0 Å². The second kappa shape index (κ2) is 4.92. The van der Waals surface area contributed by atoms with E-state index in [-0.39, 0.29) is 0 Å². The zero-order valence-electron chi connectivity index (χ0n) is 10.3. The molecule has 0 saturated heterocycles. The quantitative estimate of drug-likeness (QED) is 0.734. The Morgan fingerprint density at radius 3 is 2.61 bits per heavy atom. The normalized spacial score (nSPS) is 10.9. The molecular weight excluding hydrogens is 238 g/mol. The van der Waals surface area contributed by atoms with E-state index >= 15 is 0 Å². The summed E-state index contributed by atoms with van der Waals surface area (Å²) < 4.78 is 1.37. The molecular formula is C16H15NS. The van der Waals surface area contributed by atoms with Crippen LogP contribution in [0.4, 0.5) is 0 Å². The van der Waals surface area contributed by atoms with Gasteiger partial charge in [0.1, 0.15) is 0 Å². The summed E-state index contributed by atoms with van der Waals surface area (Å²) in [6.45, 7) is 0.920. The lowest BCUT2D eigenvalue weighted by atomic mass is 10.0. The highest BCUT2D eigenvalue weighted by atomic mass is 32.1. The second-order valence-electron chi connectivity index (χ2n) is 4.37. The first-order chi connectivity index (χ1) is 8.88. The van der Waals surface area contributed by atoms with Crippen LogP contribution in [-0.2, 0) is 6.54 Å². The summed E-state index contributed by atoms with van der Waals surface area (Å²) in [5.41, 5.74) is 3.95. The summed E-state index contributed by atoms with van der Waals surface area (Å²) in [4.78, 5) is 0. The van der Waals surface area contributed by atoms with Gasteiger partial charge in [0.25, 0.3) is 0 Å². The fourth-order valence-corrected chi connectivity index (χ4v) is 3.16. The fourth-order valence-electron chi connectivity index (χ4n) is 2.23. The molecule has 1 nitrogen and oxygen atoms in total. The average Bonchev–Trinajstić information content (AvgIpc) is 2.88. The number of thiophene rings is 1. The van der Waals surface area contributed by atoms with E-state index in [0.29, 0.717) is 0 Å². The minimum atomic E-state index is 0.920. The maximum Gasteiger partial charge on any atom is 0.0421 e. The number of fused-ring (bicyclic) bond motifs is 1. The Balaban J connectivity index is 2.06. The molecule has 0 fully saturated rings. The maximum atomic E-state index is 3.17. The Bertz CT molecular complexity index is 652. The second-order valence-corrected chi connectivity index (χ2v) is 5.29. The Hall–Kier alpha value is -1.64. The van der Waals surface area contributed by atoms with Crippen LogP contribution < -0.4 is 5.32 Å². The highest BCUT2D eigenvalue weighted by molar-refractivity contribution is 7.17. The lowest BCUT2D eigenvalue weighted by molar-refractivity contribution is 0.818. The first-order valence-electron chi connectivity index (χ1n) is 6.08. The highest BCUT2D eigenvalue weighted by Crippen LogP contribution is 2.32. The summed E-state index contributed by atoms with van der Waals surface area (Å²) >= 11 is 1.81. The Labute approximate surface area is 111 Å². The van der Waals surface area contributed by atoms with Crippen molar-refractivity contribution in [2.75, 3.05) is 7.05 Å². The van der Waals surface area contributed by atoms with E-state index in [0.717, 1.165) is 6.54 Å². The Morgan fingerprint density at radius 2 is 1.83 bits per heavy atom. The molecule has 0 aliphatic rings. The van der Waals surface area contributed by atoms with Crippen molar-refractivity contribution in [1.82, 2.24) is 5.32 Å². The predicted octanol–water partition coefficient (Wildman–Crippen LogP) is 4.29. The van der Waals surface area contributed by atoms with Gasteiger partial charge in [0.15, 0.2) is 0 Å². The van der Waals surface area contributed by atoms with Gasteiger partial charge in [-0.3, -0.25) is 0 Å². The molecule has 0 saturated carbocycles. The fraction of sp³-hybridized carbons (Fsp3) is 0.125. The standard InChI is InChI=1S/C16H15NS/c1-17-11-12-5-7-13(8-6-12)15-4-2-3-14-9-10-18-16(14)15/h2-10,17H,11H2,1H3. The van der Waals surface area contributed by atoms with E-state index in [9.17, 15) is 0 Å². The number of rotatable bonds is 3. The van der Waals surface area contributed by atoms with Gasteiger partial charge in [0.2, 0.25) is 0 Å². The third kappa shape index (κ3) is 2.05. The van der Waals surface area contributed by atoms with Gasteiger partial charge in [-0.05, 0) is 40.6 Å². The molecule has 0 unspecified atom stereocenters. The zero-order chi connectivity index (χ0) is 12.4. The first-order valence-corrected chi connectivity index (χ1v) is 6.96. The molecule has 18 heavy (non-hydrogen) atoms. The SMILES string of the molecule is CNCc1ccc(-c2cccc3ccsc23)cc1. The van der Waals surface area contributed by atoms with Gasteiger partial charge in [-0.1, -0.05) is 42.5 Å². The molecule has 0 bridgehead atoms. The smallest absolute Gasteiger partial charge is 0.0421 e. The molecule has 0 spiro atoms. The van der Waals surface area contributed by atoms with Crippen LogP contribution in [0.2, 0.25) is 0 Å². The molecule has 0 atom stereocenters. The van der Waals surface area contributed by atoms with E-state index < -0.39 is 0 Å². The van der Waals surface area contributed by atoms with Crippen LogP contribution in [-0.4, -0.2) is 7.05 Å². The summed E-state index contributed by atoms with van der Waals surface area (Å²) in [5, 5.41) is 6.66. The van der Waals surface area contributed by atoms with Crippen LogP contribution in [0.1, 0.15) is 5.56 Å². The van der Waals surface area contributed by atoms with Crippen molar-refractivity contribution in [3.8, 4) is 11.1 Å². The number of nitrogens with one attached hydrogen (secondary N) is 1. The van der Waals surface area contributed by atoms with E-state index in [1.807, 2.05) is 18.4 Å². The first kappa shape index (κ1) is 11.5. The van der Waals surface area contributed by atoms with Crippen LogP contribution in [0.3, 0.4) is 0 Å². The molecule has 0 radical (unpaired) electrons. The third-order valence-electron chi connectivity index (χ3n) is 3.12. The van der Waals surface area contributed by atoms with Gasteiger partial charge >= 0.3 is 0 Å². The average molecular weight is 253 g/mol. The van der Waals surface area contributed by atoms with Crippen LogP contribution in [0.25, 0.3) is 21.2 Å². The van der Waals surface area contributed by atoms with Gasteiger partial charge in [-0.2, -0.15) is 0 Å².